The molecule has 2 aromatic carbocycles. The first kappa shape index (κ1) is 17.9. The Hall–Kier alpha value is -2.49. The lowest BCUT2D eigenvalue weighted by molar-refractivity contribution is 0.102. The van der Waals surface area contributed by atoms with Crippen LogP contribution in [0.3, 0.4) is 0 Å². The number of carbonyl (C=O) groups excluding carboxylic acids is 1. The highest BCUT2D eigenvalue weighted by molar-refractivity contribution is 6.05. The smallest absolute Gasteiger partial charge is 0.255 e. The Balaban J connectivity index is 1.89. The van der Waals surface area contributed by atoms with E-state index in [1.807, 2.05) is 36.4 Å². The first-order chi connectivity index (χ1) is 11.7. The Kier molecular flexibility index (Phi) is 7.15. The first-order valence-electron chi connectivity index (χ1n) is 8.42. The third kappa shape index (κ3) is 5.30. The standard InChI is InChI=1S/C20H25NO3/c1-3-4-5-8-15-24-17-13-11-16(12-14-17)20(22)21-18-9-6-7-10-19(18)23-2/h6-7,9-14H,3-5,8,15H2,1-2H3,(H,21,22). The molecule has 0 spiro atoms. The maximum atomic E-state index is 12.3. The van der Waals surface area contributed by atoms with Crippen molar-refractivity contribution < 1.29 is 14.3 Å². The third-order valence-corrected chi connectivity index (χ3v) is 3.74. The van der Waals surface area contributed by atoms with Gasteiger partial charge in [0.15, 0.2) is 0 Å². The van der Waals surface area contributed by atoms with Gasteiger partial charge < -0.3 is 14.8 Å². The fraction of sp³-hybridized carbons (Fsp3) is 0.350. The molecule has 1 amide bonds. The summed E-state index contributed by atoms with van der Waals surface area (Å²) in [6.45, 7) is 2.91. The molecule has 0 saturated carbocycles. The van der Waals surface area contributed by atoms with Gasteiger partial charge >= 0.3 is 0 Å². The highest BCUT2D eigenvalue weighted by atomic mass is 16.5. The Morgan fingerprint density at radius 3 is 2.46 bits per heavy atom. The van der Waals surface area contributed by atoms with Crippen LogP contribution in [-0.4, -0.2) is 19.6 Å². The second kappa shape index (κ2) is 9.60. The van der Waals surface area contributed by atoms with Crippen LogP contribution in [0, 0.1) is 0 Å². The molecule has 0 saturated heterocycles. The zero-order chi connectivity index (χ0) is 17.2. The molecule has 2 rings (SSSR count). The number of hydrogen-bond donors (Lipinski definition) is 1. The van der Waals surface area contributed by atoms with Crippen LogP contribution in [0.2, 0.25) is 0 Å². The summed E-state index contributed by atoms with van der Waals surface area (Å²) >= 11 is 0. The molecule has 128 valence electrons. The normalized spacial score (nSPS) is 10.2. The highest BCUT2D eigenvalue weighted by Gasteiger charge is 2.09. The van der Waals surface area contributed by atoms with E-state index >= 15 is 0 Å². The molecule has 0 fully saturated rings. The number of carbonyl (C=O) groups is 1. The van der Waals surface area contributed by atoms with Crippen LogP contribution in [0.1, 0.15) is 43.0 Å². The van der Waals surface area contributed by atoms with Crippen molar-refractivity contribution in [2.75, 3.05) is 19.0 Å². The number of hydrogen-bond acceptors (Lipinski definition) is 3. The second-order valence-electron chi connectivity index (χ2n) is 5.59. The molecule has 0 atom stereocenters. The molecule has 0 aliphatic rings. The van der Waals surface area contributed by atoms with Crippen molar-refractivity contribution in [3.63, 3.8) is 0 Å². The van der Waals surface area contributed by atoms with Gasteiger partial charge in [0.25, 0.3) is 5.91 Å². The molecule has 0 aliphatic heterocycles. The molecule has 4 nitrogen and oxygen atoms in total. The first-order valence-corrected chi connectivity index (χ1v) is 8.42. The zero-order valence-corrected chi connectivity index (χ0v) is 14.4. The Bertz CT molecular complexity index is 638. The summed E-state index contributed by atoms with van der Waals surface area (Å²) in [7, 11) is 1.58. The van der Waals surface area contributed by atoms with Gasteiger partial charge in [0.05, 0.1) is 19.4 Å². The van der Waals surface area contributed by atoms with Crippen LogP contribution in [-0.2, 0) is 0 Å². The number of methoxy groups -OCH3 is 1. The van der Waals surface area contributed by atoms with E-state index in [-0.39, 0.29) is 5.91 Å². The Morgan fingerprint density at radius 1 is 1.00 bits per heavy atom. The van der Waals surface area contributed by atoms with Crippen molar-refractivity contribution in [3.8, 4) is 11.5 Å². The molecule has 2 aromatic rings. The van der Waals surface area contributed by atoms with Gasteiger partial charge in [-0.2, -0.15) is 0 Å². The summed E-state index contributed by atoms with van der Waals surface area (Å²) in [5, 5.41) is 2.86. The fourth-order valence-corrected chi connectivity index (χ4v) is 2.36. The molecular weight excluding hydrogens is 302 g/mol. The number of ether oxygens (including phenoxy) is 2. The number of rotatable bonds is 9. The molecule has 1 N–H and O–H groups in total. The predicted molar refractivity (Wildman–Crippen MR) is 97.0 cm³/mol. The molecule has 0 aliphatic carbocycles. The van der Waals surface area contributed by atoms with Crippen molar-refractivity contribution in [1.82, 2.24) is 0 Å². The van der Waals surface area contributed by atoms with Crippen molar-refractivity contribution >= 4 is 11.6 Å². The monoisotopic (exact) mass is 327 g/mol. The van der Waals surface area contributed by atoms with Gasteiger partial charge in [0, 0.05) is 5.56 Å². The predicted octanol–water partition coefficient (Wildman–Crippen LogP) is 4.91. The number of para-hydroxylation sites is 2. The minimum atomic E-state index is -0.172. The lowest BCUT2D eigenvalue weighted by Crippen LogP contribution is -2.12. The molecule has 24 heavy (non-hydrogen) atoms. The topological polar surface area (TPSA) is 47.6 Å². The van der Waals surface area contributed by atoms with E-state index in [0.29, 0.717) is 23.6 Å². The van der Waals surface area contributed by atoms with E-state index in [0.717, 1.165) is 12.2 Å². The third-order valence-electron chi connectivity index (χ3n) is 3.74. The number of amides is 1. The van der Waals surface area contributed by atoms with Crippen molar-refractivity contribution in [1.29, 1.82) is 0 Å². The van der Waals surface area contributed by atoms with Crippen molar-refractivity contribution in [3.05, 3.63) is 54.1 Å². The minimum Gasteiger partial charge on any atom is -0.495 e. The lowest BCUT2D eigenvalue weighted by Gasteiger charge is -2.10. The van der Waals surface area contributed by atoms with Crippen LogP contribution in [0.25, 0.3) is 0 Å². The molecular formula is C20H25NO3. The van der Waals surface area contributed by atoms with E-state index in [4.69, 9.17) is 9.47 Å². The molecule has 4 heteroatoms. The van der Waals surface area contributed by atoms with Crippen LogP contribution >= 0.6 is 0 Å². The summed E-state index contributed by atoms with van der Waals surface area (Å²) in [4.78, 5) is 12.3. The highest BCUT2D eigenvalue weighted by Crippen LogP contribution is 2.24. The second-order valence-corrected chi connectivity index (χ2v) is 5.59. The van der Waals surface area contributed by atoms with Crippen molar-refractivity contribution in [2.45, 2.75) is 32.6 Å². The van der Waals surface area contributed by atoms with E-state index in [1.165, 1.54) is 19.3 Å². The van der Waals surface area contributed by atoms with Crippen LogP contribution in [0.4, 0.5) is 5.69 Å². The number of benzene rings is 2. The maximum absolute atomic E-state index is 12.3. The molecule has 0 heterocycles. The fourth-order valence-electron chi connectivity index (χ4n) is 2.36. The molecule has 0 unspecified atom stereocenters. The summed E-state index contributed by atoms with van der Waals surface area (Å²) in [6, 6.07) is 14.5. The van der Waals surface area contributed by atoms with Gasteiger partial charge in [-0.1, -0.05) is 38.3 Å². The van der Waals surface area contributed by atoms with E-state index in [2.05, 4.69) is 12.2 Å². The summed E-state index contributed by atoms with van der Waals surface area (Å²) in [5.41, 5.74) is 1.24. The van der Waals surface area contributed by atoms with Gasteiger partial charge in [0.2, 0.25) is 0 Å². The maximum Gasteiger partial charge on any atom is 0.255 e. The lowest BCUT2D eigenvalue weighted by atomic mass is 10.2. The van der Waals surface area contributed by atoms with Crippen LogP contribution in [0.5, 0.6) is 11.5 Å². The Labute approximate surface area is 143 Å². The average molecular weight is 327 g/mol. The summed E-state index contributed by atoms with van der Waals surface area (Å²) < 4.78 is 10.9. The van der Waals surface area contributed by atoms with E-state index in [1.54, 1.807) is 19.2 Å². The van der Waals surface area contributed by atoms with Gasteiger partial charge in [-0.25, -0.2) is 0 Å². The number of nitrogens with one attached hydrogen (secondary N) is 1. The van der Waals surface area contributed by atoms with E-state index in [9.17, 15) is 4.79 Å². The molecule has 0 aromatic heterocycles. The zero-order valence-electron chi connectivity index (χ0n) is 14.4. The van der Waals surface area contributed by atoms with E-state index < -0.39 is 0 Å². The summed E-state index contributed by atoms with van der Waals surface area (Å²) in [5.74, 6) is 1.26. The van der Waals surface area contributed by atoms with Crippen LogP contribution in [0.15, 0.2) is 48.5 Å². The molecule has 0 radical (unpaired) electrons. The van der Waals surface area contributed by atoms with Gasteiger partial charge in [-0.05, 0) is 42.8 Å². The largest absolute Gasteiger partial charge is 0.495 e. The van der Waals surface area contributed by atoms with Gasteiger partial charge in [-0.3, -0.25) is 4.79 Å². The SMILES string of the molecule is CCCCCCOc1ccc(C(=O)Nc2ccccc2OC)cc1. The molecule has 0 bridgehead atoms. The number of unbranched alkanes of at least 4 members (excludes halogenated alkanes) is 3. The van der Waals surface area contributed by atoms with Crippen LogP contribution < -0.4 is 14.8 Å². The summed E-state index contributed by atoms with van der Waals surface area (Å²) in [6.07, 6.45) is 4.71. The number of anilines is 1. The van der Waals surface area contributed by atoms with Crippen molar-refractivity contribution in [2.24, 2.45) is 0 Å². The Morgan fingerprint density at radius 2 is 1.75 bits per heavy atom. The quantitative estimate of drug-likeness (QED) is 0.666. The average Bonchev–Trinajstić information content (AvgIpc) is 2.62. The van der Waals surface area contributed by atoms with Gasteiger partial charge in [-0.15, -0.1) is 0 Å². The van der Waals surface area contributed by atoms with Gasteiger partial charge in [0.1, 0.15) is 11.5 Å². The minimum absolute atomic E-state index is 0.172.